The number of benzene rings is 2. The lowest BCUT2D eigenvalue weighted by Gasteiger charge is -2.10. The smallest absolute Gasteiger partial charge is 0.165 e. The highest BCUT2D eigenvalue weighted by Crippen LogP contribution is 2.25. The number of nitrogens with two attached hydrogens (primary N) is 1. The Bertz CT molecular complexity index is 629. The Kier molecular flexibility index (Phi) is 4.17. The molecule has 0 unspecified atom stereocenters. The molecule has 0 amide bonds. The van der Waals surface area contributed by atoms with Gasteiger partial charge in [0.25, 0.3) is 0 Å². The van der Waals surface area contributed by atoms with E-state index in [1.54, 1.807) is 6.07 Å². The summed E-state index contributed by atoms with van der Waals surface area (Å²) in [4.78, 5) is 0. The van der Waals surface area contributed by atoms with Crippen molar-refractivity contribution in [2.75, 3.05) is 12.8 Å². The van der Waals surface area contributed by atoms with Gasteiger partial charge >= 0.3 is 0 Å². The van der Waals surface area contributed by atoms with Gasteiger partial charge in [-0.05, 0) is 42.7 Å². The average Bonchev–Trinajstić information content (AvgIpc) is 2.44. The molecule has 0 aliphatic carbocycles. The zero-order valence-corrected chi connectivity index (χ0v) is 10.9. The highest BCUT2D eigenvalue weighted by Gasteiger charge is 2.14. The molecule has 0 atom stereocenters. The SMILES string of the molecule is COc1ccc(F)c(F)c1CCc1ccc(F)c(N)c1. The van der Waals surface area contributed by atoms with E-state index in [1.807, 2.05) is 0 Å². The lowest BCUT2D eigenvalue weighted by Crippen LogP contribution is -2.02. The summed E-state index contributed by atoms with van der Waals surface area (Å²) in [7, 11) is 1.39. The molecule has 0 saturated carbocycles. The summed E-state index contributed by atoms with van der Waals surface area (Å²) in [5, 5.41) is 0. The first-order valence-electron chi connectivity index (χ1n) is 6.07. The van der Waals surface area contributed by atoms with Crippen LogP contribution in [0.25, 0.3) is 0 Å². The minimum atomic E-state index is -0.917. The minimum Gasteiger partial charge on any atom is -0.496 e. The third-order valence-electron chi connectivity index (χ3n) is 3.10. The predicted molar refractivity (Wildman–Crippen MR) is 71.1 cm³/mol. The van der Waals surface area contributed by atoms with Gasteiger partial charge in [0.15, 0.2) is 11.6 Å². The Hall–Kier alpha value is -2.17. The monoisotopic (exact) mass is 281 g/mol. The van der Waals surface area contributed by atoms with Gasteiger partial charge in [-0.1, -0.05) is 6.07 Å². The predicted octanol–water partition coefficient (Wildman–Crippen LogP) is 3.48. The summed E-state index contributed by atoms with van der Waals surface area (Å²) >= 11 is 0. The zero-order chi connectivity index (χ0) is 14.7. The first-order chi connectivity index (χ1) is 9.52. The average molecular weight is 281 g/mol. The molecule has 2 N–H and O–H groups in total. The van der Waals surface area contributed by atoms with Crippen LogP contribution in [0.15, 0.2) is 30.3 Å². The van der Waals surface area contributed by atoms with Crippen molar-refractivity contribution in [3.63, 3.8) is 0 Å². The molecule has 0 saturated heterocycles. The van der Waals surface area contributed by atoms with Crippen molar-refractivity contribution in [1.82, 2.24) is 0 Å². The quantitative estimate of drug-likeness (QED) is 0.871. The molecule has 2 rings (SSSR count). The second-order valence-corrected chi connectivity index (χ2v) is 4.40. The number of hydrogen-bond acceptors (Lipinski definition) is 2. The molecule has 0 heterocycles. The van der Waals surface area contributed by atoms with Crippen molar-refractivity contribution < 1.29 is 17.9 Å². The van der Waals surface area contributed by atoms with Gasteiger partial charge in [-0.3, -0.25) is 0 Å². The Morgan fingerprint density at radius 1 is 1.00 bits per heavy atom. The van der Waals surface area contributed by atoms with E-state index in [0.717, 1.165) is 11.6 Å². The molecule has 2 aromatic carbocycles. The van der Waals surface area contributed by atoms with Crippen LogP contribution in [0.4, 0.5) is 18.9 Å². The van der Waals surface area contributed by atoms with Gasteiger partial charge in [0.1, 0.15) is 11.6 Å². The lowest BCUT2D eigenvalue weighted by molar-refractivity contribution is 0.398. The van der Waals surface area contributed by atoms with E-state index in [2.05, 4.69) is 0 Å². The molecule has 106 valence electrons. The van der Waals surface area contributed by atoms with Crippen LogP contribution in [0.3, 0.4) is 0 Å². The molecular formula is C15H14F3NO. The van der Waals surface area contributed by atoms with E-state index in [-0.39, 0.29) is 17.7 Å². The number of hydrogen-bond donors (Lipinski definition) is 1. The van der Waals surface area contributed by atoms with Crippen LogP contribution >= 0.6 is 0 Å². The standard InChI is InChI=1S/C15H14F3NO/c1-20-14-7-6-12(17)15(18)10(14)4-2-9-3-5-11(16)13(19)8-9/h3,5-8H,2,4,19H2,1H3. The van der Waals surface area contributed by atoms with Gasteiger partial charge in [-0.15, -0.1) is 0 Å². The molecule has 0 aliphatic heterocycles. The highest BCUT2D eigenvalue weighted by molar-refractivity contribution is 5.43. The van der Waals surface area contributed by atoms with Crippen molar-refractivity contribution in [3.8, 4) is 5.75 Å². The van der Waals surface area contributed by atoms with Gasteiger partial charge in [-0.2, -0.15) is 0 Å². The number of nitrogen functional groups attached to an aromatic ring is 1. The number of ether oxygens (including phenoxy) is 1. The lowest BCUT2D eigenvalue weighted by atomic mass is 10.0. The molecule has 0 aromatic heterocycles. The number of methoxy groups -OCH3 is 1. The molecule has 20 heavy (non-hydrogen) atoms. The fourth-order valence-electron chi connectivity index (χ4n) is 2.02. The van der Waals surface area contributed by atoms with Gasteiger partial charge in [0, 0.05) is 5.56 Å². The molecule has 0 aliphatic rings. The van der Waals surface area contributed by atoms with E-state index in [9.17, 15) is 13.2 Å². The van der Waals surface area contributed by atoms with Crippen molar-refractivity contribution in [2.24, 2.45) is 0 Å². The van der Waals surface area contributed by atoms with Crippen molar-refractivity contribution in [1.29, 1.82) is 0 Å². The third-order valence-corrected chi connectivity index (χ3v) is 3.10. The second-order valence-electron chi connectivity index (χ2n) is 4.40. The summed E-state index contributed by atoms with van der Waals surface area (Å²) in [6, 6.07) is 6.71. The maximum atomic E-state index is 13.8. The maximum Gasteiger partial charge on any atom is 0.165 e. The summed E-state index contributed by atoms with van der Waals surface area (Å²) in [5.74, 6) is -2.04. The maximum absolute atomic E-state index is 13.8. The van der Waals surface area contributed by atoms with Crippen LogP contribution in [-0.4, -0.2) is 7.11 Å². The zero-order valence-electron chi connectivity index (χ0n) is 10.9. The third kappa shape index (κ3) is 2.87. The normalized spacial score (nSPS) is 10.6. The van der Waals surface area contributed by atoms with Crippen LogP contribution in [0.2, 0.25) is 0 Å². The summed E-state index contributed by atoms with van der Waals surface area (Å²) in [5.41, 5.74) is 6.41. The van der Waals surface area contributed by atoms with Crippen LogP contribution in [0, 0.1) is 17.5 Å². The number of anilines is 1. The van der Waals surface area contributed by atoms with Crippen molar-refractivity contribution >= 4 is 5.69 Å². The molecule has 0 spiro atoms. The topological polar surface area (TPSA) is 35.2 Å². The molecule has 5 heteroatoms. The summed E-state index contributed by atoms with van der Waals surface area (Å²) in [6.45, 7) is 0. The molecule has 0 bridgehead atoms. The highest BCUT2D eigenvalue weighted by atomic mass is 19.2. The Labute approximate surface area is 115 Å². The van der Waals surface area contributed by atoms with E-state index in [0.29, 0.717) is 12.2 Å². The van der Waals surface area contributed by atoms with Crippen LogP contribution < -0.4 is 10.5 Å². The molecule has 0 fully saturated rings. The van der Waals surface area contributed by atoms with E-state index in [4.69, 9.17) is 10.5 Å². The summed E-state index contributed by atoms with van der Waals surface area (Å²) in [6.07, 6.45) is 0.638. The first-order valence-corrected chi connectivity index (χ1v) is 6.07. The summed E-state index contributed by atoms with van der Waals surface area (Å²) < 4.78 is 45.1. The van der Waals surface area contributed by atoms with E-state index >= 15 is 0 Å². The van der Waals surface area contributed by atoms with Gasteiger partial charge in [0.2, 0.25) is 0 Å². The molecule has 2 nitrogen and oxygen atoms in total. The van der Waals surface area contributed by atoms with Gasteiger partial charge < -0.3 is 10.5 Å². The number of rotatable bonds is 4. The Balaban J connectivity index is 2.22. The van der Waals surface area contributed by atoms with Crippen LogP contribution in [0.1, 0.15) is 11.1 Å². The van der Waals surface area contributed by atoms with Crippen molar-refractivity contribution in [2.45, 2.75) is 12.8 Å². The van der Waals surface area contributed by atoms with Crippen LogP contribution in [-0.2, 0) is 12.8 Å². The van der Waals surface area contributed by atoms with Crippen molar-refractivity contribution in [3.05, 3.63) is 58.9 Å². The molecular weight excluding hydrogens is 267 g/mol. The largest absolute Gasteiger partial charge is 0.496 e. The Morgan fingerprint density at radius 2 is 1.70 bits per heavy atom. The van der Waals surface area contributed by atoms with E-state index < -0.39 is 17.5 Å². The Morgan fingerprint density at radius 3 is 2.35 bits per heavy atom. The molecule has 2 aromatic rings. The van der Waals surface area contributed by atoms with Gasteiger partial charge in [-0.25, -0.2) is 13.2 Å². The first kappa shape index (κ1) is 14.2. The van der Waals surface area contributed by atoms with E-state index in [1.165, 1.54) is 25.3 Å². The fraction of sp³-hybridized carbons (Fsp3) is 0.200. The minimum absolute atomic E-state index is 0.0363. The number of halogens is 3. The fourth-order valence-corrected chi connectivity index (χ4v) is 2.02. The number of aryl methyl sites for hydroxylation is 1. The molecule has 0 radical (unpaired) electrons. The van der Waals surface area contributed by atoms with Crippen LogP contribution in [0.5, 0.6) is 5.75 Å². The second kappa shape index (κ2) is 5.86. The van der Waals surface area contributed by atoms with Gasteiger partial charge in [0.05, 0.1) is 12.8 Å².